The predicted octanol–water partition coefficient (Wildman–Crippen LogP) is 2.50. The van der Waals surface area contributed by atoms with Crippen LogP contribution in [-0.2, 0) is 38.6 Å². The Morgan fingerprint density at radius 3 is 1.65 bits per heavy atom. The quantitative estimate of drug-likeness (QED) is 0.0653. The van der Waals surface area contributed by atoms with Gasteiger partial charge >= 0.3 is 12.1 Å². The number of morpholine rings is 2. The van der Waals surface area contributed by atoms with Gasteiger partial charge in [0.2, 0.25) is 5.91 Å². The van der Waals surface area contributed by atoms with E-state index in [1.807, 2.05) is 113 Å². The number of nitrogens with zero attached hydrogens (tertiary/aromatic N) is 3. The molecule has 0 aliphatic carbocycles. The van der Waals surface area contributed by atoms with Gasteiger partial charge in [0.1, 0.15) is 24.4 Å². The molecule has 17 heteroatoms. The molecule has 17 nitrogen and oxygen atoms in total. The van der Waals surface area contributed by atoms with Gasteiger partial charge in [-0.05, 0) is 47.1 Å². The van der Waals surface area contributed by atoms with Crippen molar-refractivity contribution in [3.05, 3.63) is 102 Å². The molecule has 0 unspecified atom stereocenters. The molecule has 0 radical (unpaired) electrons. The van der Waals surface area contributed by atoms with Crippen LogP contribution in [0.25, 0.3) is 0 Å². The summed E-state index contributed by atoms with van der Waals surface area (Å²) in [6, 6.07) is 23.3. The van der Waals surface area contributed by atoms with Crippen LogP contribution < -0.4 is 36.7 Å². The summed E-state index contributed by atoms with van der Waals surface area (Å²) in [4.78, 5) is 58.8. The molecule has 3 aromatic carbocycles. The first-order valence-corrected chi connectivity index (χ1v) is 23.0. The first-order chi connectivity index (χ1) is 31.4. The summed E-state index contributed by atoms with van der Waals surface area (Å²) in [5, 5.41) is 28.2. The van der Waals surface area contributed by atoms with E-state index in [0.717, 1.165) is 42.9 Å². The molecule has 0 bridgehead atoms. The Kier molecular flexibility index (Phi) is 21.2. The van der Waals surface area contributed by atoms with E-state index >= 15 is 0 Å². The van der Waals surface area contributed by atoms with Crippen molar-refractivity contribution in [1.29, 1.82) is 0 Å². The Hall–Kier alpha value is -5.30. The summed E-state index contributed by atoms with van der Waals surface area (Å²) in [6.45, 7) is 15.8. The zero-order chi connectivity index (χ0) is 46.4. The molecule has 6 amide bonds. The third-order valence-electron chi connectivity index (χ3n) is 11.4. The van der Waals surface area contributed by atoms with E-state index in [2.05, 4.69) is 41.8 Å². The van der Waals surface area contributed by atoms with Crippen molar-refractivity contribution in [1.82, 2.24) is 46.8 Å². The zero-order valence-electron chi connectivity index (χ0n) is 38.5. The third kappa shape index (κ3) is 18.2. The van der Waals surface area contributed by atoms with E-state index in [4.69, 9.17) is 14.2 Å². The highest BCUT2D eigenvalue weighted by Crippen LogP contribution is 2.17. The summed E-state index contributed by atoms with van der Waals surface area (Å²) in [7, 11) is 0. The lowest BCUT2D eigenvalue weighted by atomic mass is 9.98. The largest absolute Gasteiger partial charge is 0.489 e. The topological polar surface area (TPSA) is 198 Å². The Balaban J connectivity index is 1.29. The van der Waals surface area contributed by atoms with Crippen LogP contribution in [0.4, 0.5) is 9.59 Å². The minimum absolute atomic E-state index is 0.103. The van der Waals surface area contributed by atoms with Gasteiger partial charge in [-0.3, -0.25) is 24.8 Å². The third-order valence-corrected chi connectivity index (χ3v) is 11.4. The van der Waals surface area contributed by atoms with Crippen molar-refractivity contribution < 1.29 is 38.5 Å². The molecule has 7 N–H and O–H groups in total. The second-order valence-corrected chi connectivity index (χ2v) is 17.3. The molecule has 3 aromatic rings. The fourth-order valence-corrected chi connectivity index (χ4v) is 7.56. The van der Waals surface area contributed by atoms with Gasteiger partial charge in [-0.15, -0.1) is 0 Å². The fourth-order valence-electron chi connectivity index (χ4n) is 7.56. The van der Waals surface area contributed by atoms with Crippen molar-refractivity contribution in [2.45, 2.75) is 71.5 Å². The highest BCUT2D eigenvalue weighted by Gasteiger charge is 2.32. The lowest BCUT2D eigenvalue weighted by Crippen LogP contribution is -2.60. The van der Waals surface area contributed by atoms with Crippen LogP contribution in [0, 0.1) is 11.8 Å². The van der Waals surface area contributed by atoms with Crippen LogP contribution in [-0.4, -0.2) is 153 Å². The number of rotatable bonds is 24. The van der Waals surface area contributed by atoms with Crippen molar-refractivity contribution in [3.8, 4) is 5.75 Å². The number of hydrogen-bond donors (Lipinski definition) is 7. The maximum absolute atomic E-state index is 14.1. The van der Waals surface area contributed by atoms with E-state index in [0.29, 0.717) is 65.0 Å². The van der Waals surface area contributed by atoms with E-state index in [9.17, 15) is 24.3 Å². The van der Waals surface area contributed by atoms with Crippen LogP contribution in [0.1, 0.15) is 44.4 Å². The molecule has 2 saturated heterocycles. The Labute approximate surface area is 384 Å². The second-order valence-electron chi connectivity index (χ2n) is 17.3. The molecule has 4 atom stereocenters. The fraction of sp³-hybridized carbons (Fsp3) is 0.542. The number of hydrogen-bond acceptors (Lipinski definition) is 11. The predicted molar refractivity (Wildman–Crippen MR) is 249 cm³/mol. The second kappa shape index (κ2) is 27.2. The normalized spacial score (nSPS) is 16.6. The Morgan fingerprint density at radius 1 is 0.646 bits per heavy atom. The number of nitrogens with one attached hydrogen (secondary N) is 6. The van der Waals surface area contributed by atoms with Crippen LogP contribution >= 0.6 is 0 Å². The number of aliphatic hydroxyl groups excluding tert-OH is 1. The standard InChI is InChI=1S/C48H71N9O8/c1-35(2)43(52-47(61)49-19-21-55-23-27-63-28-24-55)45(59)51-41(31-37-11-7-5-8-12-37)42(58)33-57(32-38-15-17-40(18-16-38)65-34-39-13-9-6-10-14-39)54-46(60)44(36(3)4)53-48(62)50-20-22-56-25-29-64-30-26-56/h5-18,35-36,41-44,58H,19-34H2,1-4H3,(H,51,59)(H,54,60)(H2,49,52,61)(H2,50,53,62)/t41-,42-,43-,44-/m0/s1. The Bertz CT molecular complexity index is 1860. The first kappa shape index (κ1) is 50.7. The minimum Gasteiger partial charge on any atom is -0.489 e. The van der Waals surface area contributed by atoms with E-state index in [1.165, 1.54) is 0 Å². The van der Waals surface area contributed by atoms with Gasteiger partial charge in [-0.2, -0.15) is 0 Å². The summed E-state index contributed by atoms with van der Waals surface area (Å²) in [6.07, 6.45) is -0.947. The van der Waals surface area contributed by atoms with Gasteiger partial charge in [-0.1, -0.05) is 100 Å². The smallest absolute Gasteiger partial charge is 0.315 e. The Morgan fingerprint density at radius 2 is 1.14 bits per heavy atom. The van der Waals surface area contributed by atoms with Gasteiger partial charge in [0.25, 0.3) is 5.91 Å². The average molecular weight is 902 g/mol. The molecule has 65 heavy (non-hydrogen) atoms. The average Bonchev–Trinajstić information content (AvgIpc) is 3.30. The first-order valence-electron chi connectivity index (χ1n) is 23.0. The van der Waals surface area contributed by atoms with Gasteiger partial charge in [0.05, 0.1) is 38.6 Å². The number of amides is 6. The molecule has 5 rings (SSSR count). The lowest BCUT2D eigenvalue weighted by Gasteiger charge is -2.33. The number of carbonyl (C=O) groups excluding carboxylic acids is 4. The van der Waals surface area contributed by atoms with Crippen LogP contribution in [0.5, 0.6) is 5.75 Å². The highest BCUT2D eigenvalue weighted by molar-refractivity contribution is 5.88. The number of urea groups is 2. The molecule has 356 valence electrons. The molecule has 0 spiro atoms. The highest BCUT2D eigenvalue weighted by atomic mass is 16.5. The molecule has 0 aromatic heterocycles. The number of ether oxygens (including phenoxy) is 3. The molecular weight excluding hydrogens is 831 g/mol. The molecule has 2 heterocycles. The summed E-state index contributed by atoms with van der Waals surface area (Å²) in [5.74, 6) is -0.807. The minimum atomic E-state index is -1.21. The monoisotopic (exact) mass is 902 g/mol. The van der Waals surface area contributed by atoms with Crippen molar-refractivity contribution >= 4 is 23.9 Å². The molecule has 0 saturated carbocycles. The molecule has 2 aliphatic heterocycles. The number of hydrazine groups is 1. The maximum Gasteiger partial charge on any atom is 0.315 e. The van der Waals surface area contributed by atoms with E-state index in [1.54, 1.807) is 5.01 Å². The summed E-state index contributed by atoms with van der Waals surface area (Å²) >= 11 is 0. The van der Waals surface area contributed by atoms with Crippen molar-refractivity contribution in [2.24, 2.45) is 11.8 Å². The zero-order valence-corrected chi connectivity index (χ0v) is 38.5. The molecule has 2 aliphatic rings. The van der Waals surface area contributed by atoms with E-state index < -0.39 is 48.1 Å². The number of aliphatic hydroxyl groups is 1. The van der Waals surface area contributed by atoms with Crippen molar-refractivity contribution in [2.75, 3.05) is 85.3 Å². The summed E-state index contributed by atoms with van der Waals surface area (Å²) < 4.78 is 16.8. The van der Waals surface area contributed by atoms with Crippen molar-refractivity contribution in [3.63, 3.8) is 0 Å². The van der Waals surface area contributed by atoms with Gasteiger partial charge in [0, 0.05) is 65.4 Å². The van der Waals surface area contributed by atoms with Crippen LogP contribution in [0.2, 0.25) is 0 Å². The van der Waals surface area contributed by atoms with E-state index in [-0.39, 0.29) is 31.3 Å². The molecule has 2 fully saturated rings. The molecular formula is C48H71N9O8. The maximum atomic E-state index is 14.1. The number of benzene rings is 3. The number of carbonyl (C=O) groups is 4. The van der Waals surface area contributed by atoms with Gasteiger partial charge in [-0.25, -0.2) is 14.6 Å². The van der Waals surface area contributed by atoms with Crippen LogP contribution in [0.15, 0.2) is 84.9 Å². The summed E-state index contributed by atoms with van der Waals surface area (Å²) in [5.41, 5.74) is 5.71. The lowest BCUT2D eigenvalue weighted by molar-refractivity contribution is -0.131. The SMILES string of the molecule is CC(C)[C@H](NC(=O)NCCN1CCOCC1)C(=O)N[C@@H](Cc1ccccc1)[C@@H](O)CN(Cc1ccc(OCc2ccccc2)cc1)NC(=O)[C@@H](NC(=O)NCCN1CCOCC1)C(C)C. The van der Waals surface area contributed by atoms with Crippen LogP contribution in [0.3, 0.4) is 0 Å². The van der Waals surface area contributed by atoms with Gasteiger partial charge < -0.3 is 45.9 Å². The van der Waals surface area contributed by atoms with Gasteiger partial charge in [0.15, 0.2) is 0 Å².